The number of aryl methyl sites for hydroxylation is 1. The lowest BCUT2D eigenvalue weighted by atomic mass is 9.91. The van der Waals surface area contributed by atoms with E-state index in [0.29, 0.717) is 5.71 Å². The van der Waals surface area contributed by atoms with Crippen LogP contribution in [-0.2, 0) is 22.6 Å². The van der Waals surface area contributed by atoms with Crippen LogP contribution in [0.25, 0.3) is 0 Å². The van der Waals surface area contributed by atoms with Crippen molar-refractivity contribution in [1.29, 1.82) is 0 Å². The lowest BCUT2D eigenvalue weighted by Crippen LogP contribution is -2.29. The molecule has 19 heavy (non-hydrogen) atoms. The van der Waals surface area contributed by atoms with E-state index in [4.69, 9.17) is 4.84 Å². The standard InChI is InChI=1S/C14H17N3O2/c1-8-6-10-12(16-19-3)14(18)17(2)13(10)11-7-15-5-4-9(8)11/h6,15H,4-5,7H2,1-3H3/b16-12+. The molecular weight excluding hydrogens is 242 g/mol. The van der Waals surface area contributed by atoms with E-state index in [1.54, 1.807) is 11.9 Å². The summed E-state index contributed by atoms with van der Waals surface area (Å²) >= 11 is 0. The first-order chi connectivity index (χ1) is 9.15. The van der Waals surface area contributed by atoms with E-state index in [0.717, 1.165) is 30.8 Å². The van der Waals surface area contributed by atoms with Crippen LogP contribution in [0.5, 0.6) is 0 Å². The maximum Gasteiger partial charge on any atom is 0.280 e. The zero-order valence-corrected chi connectivity index (χ0v) is 11.4. The van der Waals surface area contributed by atoms with Crippen molar-refractivity contribution >= 4 is 17.3 Å². The van der Waals surface area contributed by atoms with E-state index in [1.165, 1.54) is 23.8 Å². The van der Waals surface area contributed by atoms with Gasteiger partial charge in [-0.05, 0) is 42.6 Å². The zero-order chi connectivity index (χ0) is 13.6. The Morgan fingerprint density at radius 3 is 2.95 bits per heavy atom. The quantitative estimate of drug-likeness (QED) is 0.765. The van der Waals surface area contributed by atoms with Crippen molar-refractivity contribution in [3.63, 3.8) is 0 Å². The van der Waals surface area contributed by atoms with Gasteiger partial charge in [0.2, 0.25) is 0 Å². The predicted octanol–water partition coefficient (Wildman–Crippen LogP) is 0.968. The molecule has 2 heterocycles. The van der Waals surface area contributed by atoms with Crippen LogP contribution in [0.2, 0.25) is 0 Å². The zero-order valence-electron chi connectivity index (χ0n) is 11.4. The van der Waals surface area contributed by atoms with Crippen LogP contribution in [0.1, 0.15) is 22.3 Å². The van der Waals surface area contributed by atoms with Gasteiger partial charge in [-0.1, -0.05) is 5.16 Å². The Hall–Kier alpha value is -1.88. The largest absolute Gasteiger partial charge is 0.398 e. The summed E-state index contributed by atoms with van der Waals surface area (Å²) in [6.07, 6.45) is 1.01. The number of carbonyl (C=O) groups excluding carboxylic acids is 1. The minimum absolute atomic E-state index is 0.102. The fourth-order valence-corrected chi connectivity index (χ4v) is 3.00. The van der Waals surface area contributed by atoms with E-state index < -0.39 is 0 Å². The Morgan fingerprint density at radius 2 is 2.21 bits per heavy atom. The molecule has 0 spiro atoms. The van der Waals surface area contributed by atoms with Crippen LogP contribution < -0.4 is 10.2 Å². The van der Waals surface area contributed by atoms with Crippen molar-refractivity contribution in [2.75, 3.05) is 25.6 Å². The summed E-state index contributed by atoms with van der Waals surface area (Å²) in [5.41, 5.74) is 6.07. The topological polar surface area (TPSA) is 53.9 Å². The Balaban J connectivity index is 2.27. The van der Waals surface area contributed by atoms with Gasteiger partial charge in [0.05, 0.1) is 5.69 Å². The Kier molecular flexibility index (Phi) is 2.78. The van der Waals surface area contributed by atoms with Gasteiger partial charge >= 0.3 is 0 Å². The average molecular weight is 259 g/mol. The van der Waals surface area contributed by atoms with Gasteiger partial charge in [-0.3, -0.25) is 4.79 Å². The number of nitrogens with one attached hydrogen (secondary N) is 1. The van der Waals surface area contributed by atoms with Gasteiger partial charge in [-0.15, -0.1) is 0 Å². The minimum atomic E-state index is -0.102. The van der Waals surface area contributed by atoms with E-state index in [-0.39, 0.29) is 5.91 Å². The maximum absolute atomic E-state index is 12.2. The van der Waals surface area contributed by atoms with Crippen molar-refractivity contribution in [2.45, 2.75) is 19.9 Å². The summed E-state index contributed by atoms with van der Waals surface area (Å²) in [6.45, 7) is 3.89. The van der Waals surface area contributed by atoms with Crippen molar-refractivity contribution < 1.29 is 9.63 Å². The number of anilines is 1. The summed E-state index contributed by atoms with van der Waals surface area (Å²) in [4.78, 5) is 18.7. The van der Waals surface area contributed by atoms with Crippen molar-refractivity contribution in [1.82, 2.24) is 5.32 Å². The second-order valence-corrected chi connectivity index (χ2v) is 4.96. The molecule has 0 saturated heterocycles. The fraction of sp³-hybridized carbons (Fsp3) is 0.429. The number of likely N-dealkylation sites (N-methyl/N-ethyl adjacent to an activating group) is 1. The monoisotopic (exact) mass is 259 g/mol. The molecule has 5 heteroatoms. The summed E-state index contributed by atoms with van der Waals surface area (Å²) < 4.78 is 0. The molecule has 1 amide bonds. The number of benzene rings is 1. The first-order valence-corrected chi connectivity index (χ1v) is 6.40. The molecule has 1 N–H and O–H groups in total. The van der Waals surface area contributed by atoms with E-state index in [2.05, 4.69) is 23.5 Å². The highest BCUT2D eigenvalue weighted by molar-refractivity contribution is 6.54. The fourth-order valence-electron chi connectivity index (χ4n) is 3.00. The normalized spacial score (nSPS) is 19.6. The third kappa shape index (κ3) is 1.65. The van der Waals surface area contributed by atoms with Crippen LogP contribution in [0.15, 0.2) is 11.2 Å². The van der Waals surface area contributed by atoms with Gasteiger partial charge in [-0.25, -0.2) is 0 Å². The summed E-state index contributed by atoms with van der Waals surface area (Å²) in [5.74, 6) is -0.102. The van der Waals surface area contributed by atoms with Gasteiger partial charge in [0.15, 0.2) is 5.71 Å². The van der Waals surface area contributed by atoms with Crippen LogP contribution in [0.4, 0.5) is 5.69 Å². The second-order valence-electron chi connectivity index (χ2n) is 4.96. The molecule has 0 aliphatic carbocycles. The Morgan fingerprint density at radius 1 is 1.42 bits per heavy atom. The van der Waals surface area contributed by atoms with Gasteiger partial charge in [-0.2, -0.15) is 0 Å². The first-order valence-electron chi connectivity index (χ1n) is 6.40. The third-order valence-corrected chi connectivity index (χ3v) is 3.88. The van der Waals surface area contributed by atoms with Gasteiger partial charge in [0.1, 0.15) is 7.11 Å². The molecule has 2 aliphatic rings. The average Bonchev–Trinajstić information content (AvgIpc) is 2.65. The highest BCUT2D eigenvalue weighted by Gasteiger charge is 2.36. The van der Waals surface area contributed by atoms with Crippen molar-refractivity contribution in [3.05, 3.63) is 28.3 Å². The molecule has 0 aromatic heterocycles. The molecule has 1 aromatic rings. The number of fused-ring (bicyclic) bond motifs is 3. The number of carbonyl (C=O) groups is 1. The van der Waals surface area contributed by atoms with E-state index in [9.17, 15) is 4.79 Å². The molecular formula is C14H17N3O2. The molecule has 100 valence electrons. The van der Waals surface area contributed by atoms with E-state index in [1.807, 2.05) is 0 Å². The van der Waals surface area contributed by atoms with Crippen LogP contribution in [0.3, 0.4) is 0 Å². The highest BCUT2D eigenvalue weighted by Crippen LogP contribution is 2.37. The first kappa shape index (κ1) is 12.2. The molecule has 0 atom stereocenters. The number of nitrogens with zero attached hydrogens (tertiary/aromatic N) is 2. The van der Waals surface area contributed by atoms with Gasteiger partial charge < -0.3 is 15.1 Å². The number of oxime groups is 1. The lowest BCUT2D eigenvalue weighted by Gasteiger charge is -2.24. The number of amides is 1. The number of rotatable bonds is 1. The molecule has 0 unspecified atom stereocenters. The van der Waals surface area contributed by atoms with Crippen LogP contribution >= 0.6 is 0 Å². The van der Waals surface area contributed by atoms with Gasteiger partial charge in [0.25, 0.3) is 5.91 Å². The molecule has 2 aliphatic heterocycles. The Bertz CT molecular complexity index is 593. The predicted molar refractivity (Wildman–Crippen MR) is 73.5 cm³/mol. The molecule has 0 radical (unpaired) electrons. The lowest BCUT2D eigenvalue weighted by molar-refractivity contribution is -0.112. The molecule has 0 bridgehead atoms. The molecule has 1 aromatic carbocycles. The number of hydrogen-bond acceptors (Lipinski definition) is 4. The maximum atomic E-state index is 12.2. The highest BCUT2D eigenvalue weighted by atomic mass is 16.6. The summed E-state index contributed by atoms with van der Waals surface area (Å²) in [7, 11) is 3.26. The van der Waals surface area contributed by atoms with Crippen LogP contribution in [-0.4, -0.2) is 32.3 Å². The van der Waals surface area contributed by atoms with Crippen molar-refractivity contribution in [2.24, 2.45) is 5.16 Å². The molecule has 3 rings (SSSR count). The SMILES string of the molecule is CO/N=C1/C(=O)N(C)c2c1cc(C)c1c2CNCC1. The summed E-state index contributed by atoms with van der Waals surface area (Å²) in [5, 5.41) is 7.26. The van der Waals surface area contributed by atoms with E-state index >= 15 is 0 Å². The smallest absolute Gasteiger partial charge is 0.280 e. The molecule has 5 nitrogen and oxygen atoms in total. The summed E-state index contributed by atoms with van der Waals surface area (Å²) in [6, 6.07) is 2.05. The molecule has 0 saturated carbocycles. The molecule has 0 fully saturated rings. The van der Waals surface area contributed by atoms with Gasteiger partial charge in [0, 0.05) is 19.2 Å². The third-order valence-electron chi connectivity index (χ3n) is 3.88. The Labute approximate surface area is 112 Å². The second kappa shape index (κ2) is 4.35. The van der Waals surface area contributed by atoms with Crippen LogP contribution in [0, 0.1) is 6.92 Å². The van der Waals surface area contributed by atoms with Crippen molar-refractivity contribution in [3.8, 4) is 0 Å². The minimum Gasteiger partial charge on any atom is -0.398 e. The number of hydrogen-bond donors (Lipinski definition) is 1.